The molecule has 0 bridgehead atoms. The van der Waals surface area contributed by atoms with E-state index < -0.39 is 0 Å². The molecule has 0 aliphatic carbocycles. The summed E-state index contributed by atoms with van der Waals surface area (Å²) in [6.45, 7) is 5.09. The van der Waals surface area contributed by atoms with Gasteiger partial charge in [-0.05, 0) is 43.5 Å². The van der Waals surface area contributed by atoms with Crippen LogP contribution in [0, 0.1) is 19.8 Å². The highest BCUT2D eigenvalue weighted by molar-refractivity contribution is 6.34. The number of ether oxygens (including phenoxy) is 1. The van der Waals surface area contributed by atoms with Crippen LogP contribution in [0.4, 0.5) is 0 Å². The van der Waals surface area contributed by atoms with Crippen molar-refractivity contribution in [2.45, 2.75) is 26.4 Å². The summed E-state index contributed by atoms with van der Waals surface area (Å²) < 4.78 is 5.70. The predicted octanol–water partition coefficient (Wildman–Crippen LogP) is 2.58. The first kappa shape index (κ1) is 16.0. The third kappa shape index (κ3) is 3.38. The molecular formula is C16H19ClN4O2. The first-order valence-corrected chi connectivity index (χ1v) is 7.96. The summed E-state index contributed by atoms with van der Waals surface area (Å²) in [6, 6.07) is 3.65. The van der Waals surface area contributed by atoms with Crippen LogP contribution in [0.1, 0.15) is 39.8 Å². The van der Waals surface area contributed by atoms with Crippen LogP contribution in [0.2, 0.25) is 5.02 Å². The SMILES string of the molecule is Cc1cc(Cl)c(C(=O)NC[C@@H]2CCO[C@@H]2c2ncn[nH]2)cc1C. The van der Waals surface area contributed by atoms with E-state index in [-0.39, 0.29) is 17.9 Å². The predicted molar refractivity (Wildman–Crippen MR) is 86.4 cm³/mol. The van der Waals surface area contributed by atoms with E-state index in [0.29, 0.717) is 29.6 Å². The van der Waals surface area contributed by atoms with Crippen LogP contribution in [0.3, 0.4) is 0 Å². The van der Waals surface area contributed by atoms with Crippen LogP contribution in [0.25, 0.3) is 0 Å². The molecule has 0 spiro atoms. The number of nitrogens with one attached hydrogen (secondary N) is 2. The highest BCUT2D eigenvalue weighted by atomic mass is 35.5. The van der Waals surface area contributed by atoms with E-state index in [1.165, 1.54) is 6.33 Å². The van der Waals surface area contributed by atoms with Gasteiger partial charge in [-0.25, -0.2) is 4.98 Å². The smallest absolute Gasteiger partial charge is 0.252 e. The minimum absolute atomic E-state index is 0.159. The number of carbonyl (C=O) groups excluding carboxylic acids is 1. The molecule has 1 saturated heterocycles. The van der Waals surface area contributed by atoms with Crippen molar-refractivity contribution in [2.24, 2.45) is 5.92 Å². The lowest BCUT2D eigenvalue weighted by Gasteiger charge is -2.17. The van der Waals surface area contributed by atoms with Gasteiger partial charge < -0.3 is 10.1 Å². The minimum Gasteiger partial charge on any atom is -0.370 e. The highest BCUT2D eigenvalue weighted by Crippen LogP contribution is 2.32. The molecule has 7 heteroatoms. The first-order valence-electron chi connectivity index (χ1n) is 7.58. The molecule has 1 fully saturated rings. The second kappa shape index (κ2) is 6.68. The molecule has 2 atom stereocenters. The molecule has 1 aromatic carbocycles. The molecule has 0 saturated carbocycles. The zero-order valence-corrected chi connectivity index (χ0v) is 13.9. The van der Waals surface area contributed by atoms with Gasteiger partial charge in [-0.2, -0.15) is 5.10 Å². The second-order valence-corrected chi connectivity index (χ2v) is 6.24. The van der Waals surface area contributed by atoms with Crippen LogP contribution in [-0.2, 0) is 4.74 Å². The van der Waals surface area contributed by atoms with E-state index in [1.807, 2.05) is 26.0 Å². The van der Waals surface area contributed by atoms with E-state index in [0.717, 1.165) is 17.5 Å². The first-order chi connectivity index (χ1) is 11.1. The molecule has 0 unspecified atom stereocenters. The normalized spacial score (nSPS) is 20.7. The number of aryl methyl sites for hydroxylation is 2. The van der Waals surface area contributed by atoms with Crippen molar-refractivity contribution in [2.75, 3.05) is 13.2 Å². The van der Waals surface area contributed by atoms with Crippen LogP contribution in [0.15, 0.2) is 18.5 Å². The van der Waals surface area contributed by atoms with Gasteiger partial charge in [0.1, 0.15) is 12.4 Å². The van der Waals surface area contributed by atoms with Gasteiger partial charge in [0.05, 0.1) is 10.6 Å². The van der Waals surface area contributed by atoms with Crippen LogP contribution < -0.4 is 5.32 Å². The Morgan fingerprint density at radius 3 is 2.96 bits per heavy atom. The molecule has 122 valence electrons. The standard InChI is InChI=1S/C16H19ClN4O2/c1-9-5-12(13(17)6-10(9)2)16(22)18-7-11-3-4-23-14(11)15-19-8-20-21-15/h5-6,8,11,14H,3-4,7H2,1-2H3,(H,18,22)(H,19,20,21)/t11-,14-/m0/s1. The van der Waals surface area contributed by atoms with Crippen molar-refractivity contribution < 1.29 is 9.53 Å². The zero-order valence-electron chi connectivity index (χ0n) is 13.1. The van der Waals surface area contributed by atoms with Crippen molar-refractivity contribution in [1.82, 2.24) is 20.5 Å². The second-order valence-electron chi connectivity index (χ2n) is 5.84. The highest BCUT2D eigenvalue weighted by Gasteiger charge is 2.32. The number of benzene rings is 1. The van der Waals surface area contributed by atoms with E-state index in [4.69, 9.17) is 16.3 Å². The molecular weight excluding hydrogens is 316 g/mol. The fourth-order valence-corrected chi connectivity index (χ4v) is 3.08. The van der Waals surface area contributed by atoms with E-state index in [9.17, 15) is 4.79 Å². The summed E-state index contributed by atoms with van der Waals surface area (Å²) in [4.78, 5) is 16.6. The summed E-state index contributed by atoms with van der Waals surface area (Å²) >= 11 is 6.19. The van der Waals surface area contributed by atoms with Gasteiger partial charge in [0.15, 0.2) is 5.82 Å². The number of halogens is 1. The lowest BCUT2D eigenvalue weighted by atomic mass is 10.0. The molecule has 1 amide bonds. The lowest BCUT2D eigenvalue weighted by molar-refractivity contribution is 0.0799. The Bertz CT molecular complexity index is 702. The summed E-state index contributed by atoms with van der Waals surface area (Å²) in [6.07, 6.45) is 2.17. The number of H-pyrrole nitrogens is 1. The Kier molecular flexibility index (Phi) is 4.63. The summed E-state index contributed by atoms with van der Waals surface area (Å²) in [5, 5.41) is 10.1. The molecule has 2 N–H and O–H groups in total. The Labute approximate surface area is 139 Å². The van der Waals surface area contributed by atoms with Gasteiger partial charge in [-0.15, -0.1) is 0 Å². The maximum atomic E-state index is 12.4. The summed E-state index contributed by atoms with van der Waals surface area (Å²) in [5.41, 5.74) is 2.62. The number of aromatic amines is 1. The number of amides is 1. The van der Waals surface area contributed by atoms with E-state index in [2.05, 4.69) is 20.5 Å². The Hall–Kier alpha value is -1.92. The fourth-order valence-electron chi connectivity index (χ4n) is 2.77. The average Bonchev–Trinajstić information content (AvgIpc) is 3.18. The minimum atomic E-state index is -0.165. The molecule has 23 heavy (non-hydrogen) atoms. The van der Waals surface area contributed by atoms with Crippen molar-refractivity contribution in [3.8, 4) is 0 Å². The third-order valence-electron chi connectivity index (χ3n) is 4.27. The number of carbonyl (C=O) groups is 1. The summed E-state index contributed by atoms with van der Waals surface area (Å²) in [5.74, 6) is 0.699. The lowest BCUT2D eigenvalue weighted by Crippen LogP contribution is -2.31. The molecule has 1 aliphatic heterocycles. The van der Waals surface area contributed by atoms with Crippen molar-refractivity contribution in [3.63, 3.8) is 0 Å². The van der Waals surface area contributed by atoms with Gasteiger partial charge in [0.2, 0.25) is 0 Å². The Morgan fingerprint density at radius 2 is 2.22 bits per heavy atom. The van der Waals surface area contributed by atoms with Crippen molar-refractivity contribution >= 4 is 17.5 Å². The van der Waals surface area contributed by atoms with Crippen molar-refractivity contribution in [1.29, 1.82) is 0 Å². The van der Waals surface area contributed by atoms with E-state index in [1.54, 1.807) is 0 Å². The summed E-state index contributed by atoms with van der Waals surface area (Å²) in [7, 11) is 0. The quantitative estimate of drug-likeness (QED) is 0.900. The molecule has 2 aromatic rings. The third-order valence-corrected chi connectivity index (χ3v) is 4.58. The van der Waals surface area contributed by atoms with Crippen LogP contribution in [-0.4, -0.2) is 34.2 Å². The Balaban J connectivity index is 1.66. The van der Waals surface area contributed by atoms with Gasteiger partial charge >= 0.3 is 0 Å². The van der Waals surface area contributed by atoms with E-state index >= 15 is 0 Å². The molecule has 1 aliphatic rings. The van der Waals surface area contributed by atoms with Gasteiger partial charge in [-0.3, -0.25) is 9.89 Å². The topological polar surface area (TPSA) is 79.9 Å². The van der Waals surface area contributed by atoms with Gasteiger partial charge in [0.25, 0.3) is 5.91 Å². The van der Waals surface area contributed by atoms with Crippen molar-refractivity contribution in [3.05, 3.63) is 46.0 Å². The molecule has 1 aromatic heterocycles. The number of nitrogens with zero attached hydrogens (tertiary/aromatic N) is 2. The van der Waals surface area contributed by atoms with Crippen LogP contribution in [0.5, 0.6) is 0 Å². The zero-order chi connectivity index (χ0) is 16.4. The molecule has 3 rings (SSSR count). The number of rotatable bonds is 4. The largest absolute Gasteiger partial charge is 0.370 e. The van der Waals surface area contributed by atoms with Gasteiger partial charge in [-0.1, -0.05) is 11.6 Å². The molecule has 2 heterocycles. The maximum Gasteiger partial charge on any atom is 0.252 e. The Morgan fingerprint density at radius 1 is 1.43 bits per heavy atom. The maximum absolute atomic E-state index is 12.4. The molecule has 6 nitrogen and oxygen atoms in total. The molecule has 0 radical (unpaired) electrons. The number of hydrogen-bond acceptors (Lipinski definition) is 4. The van der Waals surface area contributed by atoms with Gasteiger partial charge in [0, 0.05) is 19.1 Å². The average molecular weight is 335 g/mol. The fraction of sp³-hybridized carbons (Fsp3) is 0.438. The monoisotopic (exact) mass is 334 g/mol. The van der Waals surface area contributed by atoms with Crippen LogP contribution >= 0.6 is 11.6 Å². The number of aromatic nitrogens is 3. The number of hydrogen-bond donors (Lipinski definition) is 2.